The van der Waals surface area contributed by atoms with Crippen LogP contribution in [0.4, 0.5) is 0 Å². The van der Waals surface area contributed by atoms with E-state index in [2.05, 4.69) is 38.6 Å². The van der Waals surface area contributed by atoms with Gasteiger partial charge in [-0.1, -0.05) is 91.0 Å². The fraction of sp³-hybridized carbons (Fsp3) is 0.220. The number of aliphatic carboxylic acids is 1. The molecule has 23 heteroatoms. The van der Waals surface area contributed by atoms with Crippen LogP contribution in [0.2, 0.25) is 0 Å². The highest BCUT2D eigenvalue weighted by Crippen LogP contribution is 2.35. The van der Waals surface area contributed by atoms with Crippen LogP contribution in [0, 0.1) is 20.8 Å². The summed E-state index contributed by atoms with van der Waals surface area (Å²) in [6.07, 6.45) is 4.67. The van der Waals surface area contributed by atoms with Gasteiger partial charge in [0.25, 0.3) is 23.4 Å². The first-order valence-corrected chi connectivity index (χ1v) is 25.1. The van der Waals surface area contributed by atoms with Crippen molar-refractivity contribution in [2.45, 2.75) is 54.3 Å². The average molecular weight is 1120 g/mol. The molecule has 0 bridgehead atoms. The summed E-state index contributed by atoms with van der Waals surface area (Å²) in [6.45, 7) is 10.1. The van der Waals surface area contributed by atoms with Crippen molar-refractivity contribution in [3.05, 3.63) is 179 Å². The number of pyridine rings is 3. The number of nitrogens with zero attached hydrogens (tertiary/aromatic N) is 6. The Hall–Kier alpha value is -10.3. The molecule has 0 aliphatic rings. The number of esters is 2. The lowest BCUT2D eigenvalue weighted by Crippen LogP contribution is -2.24. The van der Waals surface area contributed by atoms with E-state index < -0.39 is 47.9 Å². The SMILES string of the molecule is CCOC(=O)COc1nccc2c1c(C(=O)C(N)=O)c(C)n2Cc1ccccc1.CCOC(=O)COc1nccc2c1cc(C)n2Cc1ccccc1.Cc1c(C(=O)C(N)=O)c2c(OCC(=O)O)nccc2n1Cc1ccccc1.N.O. The fourth-order valence-corrected chi connectivity index (χ4v) is 8.91. The lowest BCUT2D eigenvalue weighted by atomic mass is 10.1. The minimum Gasteiger partial charge on any atom is -0.479 e. The van der Waals surface area contributed by atoms with Gasteiger partial charge in [0.05, 0.1) is 57.0 Å². The van der Waals surface area contributed by atoms with Gasteiger partial charge in [-0.05, 0) is 75.6 Å². The number of primary amides is 2. The lowest BCUT2D eigenvalue weighted by Gasteiger charge is -2.09. The van der Waals surface area contributed by atoms with Crippen molar-refractivity contribution in [1.29, 1.82) is 0 Å². The van der Waals surface area contributed by atoms with Crippen molar-refractivity contribution in [2.75, 3.05) is 33.0 Å². The number of benzene rings is 3. The second-order valence-electron chi connectivity index (χ2n) is 17.7. The third-order valence-electron chi connectivity index (χ3n) is 12.5. The van der Waals surface area contributed by atoms with E-state index >= 15 is 0 Å². The molecule has 6 heterocycles. The van der Waals surface area contributed by atoms with E-state index in [1.54, 1.807) is 46.0 Å². The number of aromatic nitrogens is 6. The van der Waals surface area contributed by atoms with E-state index in [9.17, 15) is 33.6 Å². The van der Waals surface area contributed by atoms with Crippen LogP contribution in [0.15, 0.2) is 134 Å². The monoisotopic (exact) mass is 1120 g/mol. The number of carbonyl (C=O) groups excluding carboxylic acids is 6. The van der Waals surface area contributed by atoms with Crippen LogP contribution in [-0.2, 0) is 53.1 Å². The predicted molar refractivity (Wildman–Crippen MR) is 303 cm³/mol. The number of hydrogen-bond donors (Lipinski definition) is 4. The van der Waals surface area contributed by atoms with Crippen LogP contribution < -0.4 is 31.8 Å². The smallest absolute Gasteiger partial charge is 0.344 e. The Morgan fingerprint density at radius 1 is 0.500 bits per heavy atom. The second-order valence-corrected chi connectivity index (χ2v) is 17.7. The van der Waals surface area contributed by atoms with Crippen LogP contribution in [0.25, 0.3) is 32.7 Å². The van der Waals surface area contributed by atoms with Crippen LogP contribution in [-0.4, -0.2) is 114 Å². The Morgan fingerprint density at radius 2 is 0.854 bits per heavy atom. The first-order valence-electron chi connectivity index (χ1n) is 25.1. The van der Waals surface area contributed by atoms with Gasteiger partial charge in [0.2, 0.25) is 17.6 Å². The van der Waals surface area contributed by atoms with Crippen LogP contribution >= 0.6 is 0 Å². The number of ether oxygens (including phenoxy) is 5. The maximum absolute atomic E-state index is 12.6. The van der Waals surface area contributed by atoms with Crippen molar-refractivity contribution in [3.8, 4) is 17.6 Å². The summed E-state index contributed by atoms with van der Waals surface area (Å²) in [5, 5.41) is 10.4. The standard InChI is InChI=1S/C21H21N3O5.C19H17N3O5.C19H20N2O3.H3N.H2O/c1-3-28-16(25)12-29-21-18-15(9-10-23-21)24(11-14-7-5-4-6-8-14)13(2)17(18)19(26)20(22)27;1-11-15(17(25)18(20)26)16-13(7-8-21-19(16)27-10-14(23)24)22(11)9-12-5-3-2-4-6-12;1-3-23-18(22)13-24-19-16-11-14(2)21(17(16)9-10-20-19)12-15-7-5-4-6-8-15;;/h4-10H,3,11-12H2,1-2H3,(H2,22,27);2-8H,9-10H2,1H3,(H2,20,26)(H,23,24);4-11H,3,12-13H2,1-2H3;1H3;1H2. The molecule has 82 heavy (non-hydrogen) atoms. The summed E-state index contributed by atoms with van der Waals surface area (Å²) in [5.74, 6) is -5.55. The number of ketones is 2. The van der Waals surface area contributed by atoms with E-state index in [-0.39, 0.29) is 59.7 Å². The maximum atomic E-state index is 12.6. The Morgan fingerprint density at radius 3 is 1.23 bits per heavy atom. The number of aryl methyl sites for hydroxylation is 1. The zero-order chi connectivity index (χ0) is 57.5. The summed E-state index contributed by atoms with van der Waals surface area (Å²) < 4.78 is 32.0. The Bertz CT molecular complexity index is 3730. The van der Waals surface area contributed by atoms with Gasteiger partial charge >= 0.3 is 17.9 Å². The molecule has 23 nitrogen and oxygen atoms in total. The molecule has 0 aliphatic heterocycles. The maximum Gasteiger partial charge on any atom is 0.344 e. The van der Waals surface area contributed by atoms with Crippen LogP contribution in [0.3, 0.4) is 0 Å². The summed E-state index contributed by atoms with van der Waals surface area (Å²) in [7, 11) is 0. The van der Waals surface area contributed by atoms with Gasteiger partial charge in [-0.15, -0.1) is 0 Å². The third kappa shape index (κ3) is 14.9. The molecular formula is C59H63N9O14. The molecule has 0 spiro atoms. The van der Waals surface area contributed by atoms with Crippen molar-refractivity contribution in [3.63, 3.8) is 0 Å². The number of nitrogens with two attached hydrogens (primary N) is 2. The third-order valence-corrected chi connectivity index (χ3v) is 12.5. The molecule has 428 valence electrons. The molecule has 0 unspecified atom stereocenters. The molecule has 0 radical (unpaired) electrons. The summed E-state index contributed by atoms with van der Waals surface area (Å²) in [4.78, 5) is 94.7. The molecule has 2 amide bonds. The van der Waals surface area contributed by atoms with Crippen molar-refractivity contribution in [2.24, 2.45) is 11.5 Å². The minimum atomic E-state index is -1.18. The summed E-state index contributed by atoms with van der Waals surface area (Å²) in [5.41, 5.74) is 18.4. The molecule has 3 aromatic carbocycles. The molecule has 0 saturated carbocycles. The largest absolute Gasteiger partial charge is 0.479 e. The molecule has 9 aromatic rings. The van der Waals surface area contributed by atoms with Gasteiger partial charge < -0.3 is 65.6 Å². The first-order chi connectivity index (χ1) is 38.5. The highest BCUT2D eigenvalue weighted by molar-refractivity contribution is 6.45. The molecule has 9 rings (SSSR count). The van der Waals surface area contributed by atoms with Gasteiger partial charge in [-0.25, -0.2) is 29.3 Å². The van der Waals surface area contributed by atoms with Gasteiger partial charge in [0, 0.05) is 55.3 Å². The number of carboxylic acid groups (broad SMARTS) is 1. The number of Topliss-reactive ketones (excluding diaryl/α,β-unsaturated/α-hetero) is 2. The molecular weight excluding hydrogens is 1060 g/mol. The Labute approximate surface area is 470 Å². The van der Waals surface area contributed by atoms with Crippen molar-refractivity contribution in [1.82, 2.24) is 34.8 Å². The highest BCUT2D eigenvalue weighted by Gasteiger charge is 2.29. The molecule has 10 N–H and O–H groups in total. The van der Waals surface area contributed by atoms with E-state index in [1.807, 2.05) is 100 Å². The summed E-state index contributed by atoms with van der Waals surface area (Å²) >= 11 is 0. The van der Waals surface area contributed by atoms with Crippen LogP contribution in [0.1, 0.15) is 68.3 Å². The van der Waals surface area contributed by atoms with E-state index in [4.69, 9.17) is 40.3 Å². The topological polar surface area (TPSA) is 358 Å². The van der Waals surface area contributed by atoms with Crippen LogP contribution in [0.5, 0.6) is 17.6 Å². The molecule has 0 fully saturated rings. The number of amides is 2. The van der Waals surface area contributed by atoms with Gasteiger partial charge in [0.1, 0.15) is 0 Å². The normalized spacial score (nSPS) is 10.5. The zero-order valence-electron chi connectivity index (χ0n) is 45.7. The predicted octanol–water partition coefficient (Wildman–Crippen LogP) is 6.20. The first kappa shape index (κ1) is 62.6. The Balaban J connectivity index is 0.000000224. The summed E-state index contributed by atoms with van der Waals surface area (Å²) in [6, 6.07) is 36.9. The molecule has 6 aromatic heterocycles. The molecule has 0 aliphatic carbocycles. The van der Waals surface area contributed by atoms with E-state index in [0.29, 0.717) is 53.4 Å². The van der Waals surface area contributed by atoms with Gasteiger partial charge in [0.15, 0.2) is 19.8 Å². The number of carboxylic acids is 1. The lowest BCUT2D eigenvalue weighted by molar-refractivity contribution is -0.146. The number of hydrogen-bond acceptors (Lipinski definition) is 16. The fourth-order valence-electron chi connectivity index (χ4n) is 8.91. The van der Waals surface area contributed by atoms with E-state index in [1.165, 1.54) is 18.0 Å². The van der Waals surface area contributed by atoms with Gasteiger partial charge in [-0.3, -0.25) is 19.2 Å². The minimum absolute atomic E-state index is 0. The number of rotatable bonds is 21. The second kappa shape index (κ2) is 29.1. The zero-order valence-corrected chi connectivity index (χ0v) is 45.7. The average Bonchev–Trinajstić information content (AvgIpc) is 4.20. The van der Waals surface area contributed by atoms with E-state index in [0.717, 1.165) is 34.3 Å². The molecule has 0 saturated heterocycles. The number of fused-ring (bicyclic) bond motifs is 3. The van der Waals surface area contributed by atoms with Crippen molar-refractivity contribution >= 4 is 74.0 Å². The Kier molecular flexibility index (Phi) is 22.2. The highest BCUT2D eigenvalue weighted by atomic mass is 16.6. The van der Waals surface area contributed by atoms with Gasteiger partial charge in [-0.2, -0.15) is 0 Å². The van der Waals surface area contributed by atoms with Crippen molar-refractivity contribution < 1.29 is 67.8 Å². The number of carbonyl (C=O) groups is 7. The quantitative estimate of drug-likeness (QED) is 0.0353. The molecule has 0 atom stereocenters.